The summed E-state index contributed by atoms with van der Waals surface area (Å²) in [7, 11) is 0. The third-order valence-corrected chi connectivity index (χ3v) is 3.16. The maximum absolute atomic E-state index is 9.05. The highest BCUT2D eigenvalue weighted by Gasteiger charge is 2.07. The minimum absolute atomic E-state index is 0.265. The van der Waals surface area contributed by atoms with Crippen LogP contribution in [0.5, 0.6) is 0 Å². The van der Waals surface area contributed by atoms with Crippen LogP contribution in [0, 0.1) is 5.92 Å². The molecule has 19 heavy (non-hydrogen) atoms. The van der Waals surface area contributed by atoms with E-state index in [9.17, 15) is 0 Å². The van der Waals surface area contributed by atoms with Gasteiger partial charge in [0.15, 0.2) is 5.96 Å². The summed E-state index contributed by atoms with van der Waals surface area (Å²) in [4.78, 5) is 4.63. The lowest BCUT2D eigenvalue weighted by Crippen LogP contribution is -2.38. The van der Waals surface area contributed by atoms with Gasteiger partial charge in [-0.2, -0.15) is 0 Å². The summed E-state index contributed by atoms with van der Waals surface area (Å²) in [5.74, 6) is 1.42. The molecule has 3 N–H and O–H groups in total. The van der Waals surface area contributed by atoms with Gasteiger partial charge in [0.2, 0.25) is 0 Å². The Morgan fingerprint density at radius 2 is 1.84 bits per heavy atom. The second kappa shape index (κ2) is 13.7. The zero-order valence-electron chi connectivity index (χ0n) is 13.0. The van der Waals surface area contributed by atoms with Crippen LogP contribution in [0.1, 0.15) is 59.3 Å². The number of aliphatic imine (C=N–C) groups is 1. The van der Waals surface area contributed by atoms with Crippen molar-refractivity contribution < 1.29 is 5.11 Å². The van der Waals surface area contributed by atoms with E-state index in [1.807, 2.05) is 0 Å². The Morgan fingerprint density at radius 1 is 1.05 bits per heavy atom. The van der Waals surface area contributed by atoms with E-state index in [0.29, 0.717) is 5.92 Å². The van der Waals surface area contributed by atoms with Crippen molar-refractivity contribution in [3.05, 3.63) is 0 Å². The summed E-state index contributed by atoms with van der Waals surface area (Å²) < 4.78 is 0. The number of aliphatic hydroxyl groups excluding tert-OH is 1. The van der Waals surface area contributed by atoms with Gasteiger partial charge < -0.3 is 15.7 Å². The minimum Gasteiger partial charge on any atom is -0.396 e. The zero-order valence-corrected chi connectivity index (χ0v) is 13.0. The molecule has 0 aromatic carbocycles. The van der Waals surface area contributed by atoms with Crippen LogP contribution in [0.15, 0.2) is 4.99 Å². The Balaban J connectivity index is 4.12. The normalized spacial score (nSPS) is 13.4. The van der Waals surface area contributed by atoms with E-state index in [0.717, 1.165) is 44.9 Å². The van der Waals surface area contributed by atoms with E-state index in [2.05, 4.69) is 36.4 Å². The lowest BCUT2D eigenvalue weighted by Gasteiger charge is -2.15. The Labute approximate surface area is 119 Å². The molecule has 0 saturated carbocycles. The first-order valence-electron chi connectivity index (χ1n) is 7.91. The van der Waals surface area contributed by atoms with E-state index in [-0.39, 0.29) is 6.61 Å². The Hall–Kier alpha value is -0.770. The van der Waals surface area contributed by atoms with Gasteiger partial charge in [0.25, 0.3) is 0 Å². The predicted molar refractivity (Wildman–Crippen MR) is 83.6 cm³/mol. The maximum Gasteiger partial charge on any atom is 0.191 e. The number of guanidine groups is 1. The van der Waals surface area contributed by atoms with E-state index in [1.165, 1.54) is 19.3 Å². The Kier molecular flexibility index (Phi) is 13.1. The minimum atomic E-state index is 0.265. The zero-order chi connectivity index (χ0) is 14.3. The van der Waals surface area contributed by atoms with E-state index in [1.54, 1.807) is 0 Å². The van der Waals surface area contributed by atoms with Crippen molar-refractivity contribution in [2.24, 2.45) is 10.9 Å². The molecule has 0 radical (unpaired) electrons. The van der Waals surface area contributed by atoms with Crippen molar-refractivity contribution in [3.8, 4) is 0 Å². The summed E-state index contributed by atoms with van der Waals surface area (Å²) in [6.07, 6.45) is 6.84. The summed E-state index contributed by atoms with van der Waals surface area (Å²) in [6, 6.07) is 0. The van der Waals surface area contributed by atoms with Crippen LogP contribution in [0.2, 0.25) is 0 Å². The molecule has 1 atom stereocenters. The number of nitrogens with one attached hydrogen (secondary N) is 2. The predicted octanol–water partition coefficient (Wildman–Crippen LogP) is 2.53. The van der Waals surface area contributed by atoms with Gasteiger partial charge in [0.05, 0.1) is 0 Å². The highest BCUT2D eigenvalue weighted by Crippen LogP contribution is 2.10. The molecule has 0 amide bonds. The third kappa shape index (κ3) is 10.8. The fraction of sp³-hybridized carbons (Fsp3) is 0.933. The quantitative estimate of drug-likeness (QED) is 0.307. The van der Waals surface area contributed by atoms with Gasteiger partial charge in [-0.3, -0.25) is 4.99 Å². The van der Waals surface area contributed by atoms with E-state index >= 15 is 0 Å². The first-order valence-corrected chi connectivity index (χ1v) is 7.91. The van der Waals surface area contributed by atoms with Crippen molar-refractivity contribution in [1.29, 1.82) is 0 Å². The average Bonchev–Trinajstić information content (AvgIpc) is 2.41. The fourth-order valence-corrected chi connectivity index (χ4v) is 2.06. The molecule has 114 valence electrons. The average molecular weight is 271 g/mol. The lowest BCUT2D eigenvalue weighted by atomic mass is 10.0. The van der Waals surface area contributed by atoms with Crippen molar-refractivity contribution in [2.45, 2.75) is 59.3 Å². The number of nitrogens with zero attached hydrogens (tertiary/aromatic N) is 1. The SMILES string of the molecule is CCCCCNC(=NCC(CCC)CCO)NCC. The maximum atomic E-state index is 9.05. The molecule has 0 heterocycles. The molecule has 0 bridgehead atoms. The van der Waals surface area contributed by atoms with Crippen molar-refractivity contribution in [3.63, 3.8) is 0 Å². The van der Waals surface area contributed by atoms with Gasteiger partial charge in [-0.25, -0.2) is 0 Å². The molecule has 4 nitrogen and oxygen atoms in total. The van der Waals surface area contributed by atoms with E-state index in [4.69, 9.17) is 5.11 Å². The molecule has 0 aliphatic heterocycles. The summed E-state index contributed by atoms with van der Waals surface area (Å²) in [5, 5.41) is 15.7. The molecular weight excluding hydrogens is 238 g/mol. The lowest BCUT2D eigenvalue weighted by molar-refractivity contribution is 0.253. The second-order valence-electron chi connectivity index (χ2n) is 5.02. The number of hydrogen-bond acceptors (Lipinski definition) is 2. The molecule has 0 rings (SSSR count). The highest BCUT2D eigenvalue weighted by molar-refractivity contribution is 5.79. The van der Waals surface area contributed by atoms with E-state index < -0.39 is 0 Å². The van der Waals surface area contributed by atoms with Crippen molar-refractivity contribution in [1.82, 2.24) is 10.6 Å². The van der Waals surface area contributed by atoms with Gasteiger partial charge in [-0.1, -0.05) is 33.1 Å². The molecule has 0 aliphatic carbocycles. The van der Waals surface area contributed by atoms with Crippen LogP contribution in [-0.4, -0.2) is 37.3 Å². The Morgan fingerprint density at radius 3 is 2.42 bits per heavy atom. The third-order valence-electron chi connectivity index (χ3n) is 3.16. The molecule has 0 aliphatic rings. The van der Waals surface area contributed by atoms with Gasteiger partial charge >= 0.3 is 0 Å². The first-order chi connectivity index (χ1) is 9.28. The monoisotopic (exact) mass is 271 g/mol. The summed E-state index contributed by atoms with van der Waals surface area (Å²) >= 11 is 0. The van der Waals surface area contributed by atoms with Crippen molar-refractivity contribution >= 4 is 5.96 Å². The molecule has 0 aromatic heterocycles. The Bertz CT molecular complexity index is 213. The van der Waals surface area contributed by atoms with Crippen molar-refractivity contribution in [2.75, 3.05) is 26.2 Å². The van der Waals surface area contributed by atoms with Crippen LogP contribution in [0.25, 0.3) is 0 Å². The van der Waals surface area contributed by atoms with Crippen LogP contribution in [0.4, 0.5) is 0 Å². The molecule has 0 fully saturated rings. The molecule has 4 heteroatoms. The second-order valence-corrected chi connectivity index (χ2v) is 5.02. The summed E-state index contributed by atoms with van der Waals surface area (Å²) in [5.41, 5.74) is 0. The van der Waals surface area contributed by atoms with Crippen LogP contribution in [-0.2, 0) is 0 Å². The number of unbranched alkanes of at least 4 members (excludes halogenated alkanes) is 2. The number of hydrogen-bond donors (Lipinski definition) is 3. The molecule has 1 unspecified atom stereocenters. The smallest absolute Gasteiger partial charge is 0.191 e. The van der Waals surface area contributed by atoms with Gasteiger partial charge in [-0.15, -0.1) is 0 Å². The van der Waals surface area contributed by atoms with Crippen LogP contribution in [0.3, 0.4) is 0 Å². The number of aliphatic hydroxyl groups is 1. The molecule has 0 aromatic rings. The van der Waals surface area contributed by atoms with Gasteiger partial charge in [-0.05, 0) is 32.1 Å². The molecular formula is C15H33N3O. The molecule has 0 saturated heterocycles. The van der Waals surface area contributed by atoms with Gasteiger partial charge in [0.1, 0.15) is 0 Å². The number of rotatable bonds is 11. The van der Waals surface area contributed by atoms with Crippen LogP contribution >= 0.6 is 0 Å². The van der Waals surface area contributed by atoms with Gasteiger partial charge in [0, 0.05) is 26.2 Å². The molecule has 0 spiro atoms. The largest absolute Gasteiger partial charge is 0.396 e. The highest BCUT2D eigenvalue weighted by atomic mass is 16.3. The first kappa shape index (κ1) is 18.2. The fourth-order valence-electron chi connectivity index (χ4n) is 2.06. The van der Waals surface area contributed by atoms with Crippen LogP contribution < -0.4 is 10.6 Å². The topological polar surface area (TPSA) is 56.7 Å². The standard InChI is InChI=1S/C15H33N3O/c1-4-7-8-11-17-15(16-6-3)18-13-14(9-5-2)10-12-19/h14,19H,4-13H2,1-3H3,(H2,16,17,18). The summed E-state index contributed by atoms with van der Waals surface area (Å²) in [6.45, 7) is 9.42.